The Morgan fingerprint density at radius 3 is 2.38 bits per heavy atom. The quantitative estimate of drug-likeness (QED) is 0.710. The highest BCUT2D eigenvalue weighted by Gasteiger charge is 2.31. The Bertz CT molecular complexity index is 614. The lowest BCUT2D eigenvalue weighted by molar-refractivity contribution is -0.121. The second-order valence-electron chi connectivity index (χ2n) is 7.04. The van der Waals surface area contributed by atoms with Crippen LogP contribution in [0.1, 0.15) is 19.3 Å². The fraction of sp³-hybridized carbons (Fsp3) is 0.579. The SMILES string of the molecule is NC[C@H]1CCC[C@H]1C(=O)Nc1ccc(NC(=O)CN2CCOCC2)cc1. The lowest BCUT2D eigenvalue weighted by atomic mass is 9.95. The van der Waals surface area contributed by atoms with E-state index in [2.05, 4.69) is 15.5 Å². The van der Waals surface area contributed by atoms with Gasteiger partial charge >= 0.3 is 0 Å². The normalized spacial score (nSPS) is 23.6. The molecule has 4 N–H and O–H groups in total. The average Bonchev–Trinajstić information content (AvgIpc) is 3.13. The van der Waals surface area contributed by atoms with Crippen LogP contribution in [0.3, 0.4) is 0 Å². The lowest BCUT2D eigenvalue weighted by Crippen LogP contribution is -2.41. The number of carbonyl (C=O) groups excluding carboxylic acids is 2. The van der Waals surface area contributed by atoms with Crippen LogP contribution in [0.5, 0.6) is 0 Å². The number of rotatable bonds is 6. The molecule has 1 aromatic carbocycles. The smallest absolute Gasteiger partial charge is 0.238 e. The van der Waals surface area contributed by atoms with Crippen LogP contribution in [0.2, 0.25) is 0 Å². The molecule has 0 bridgehead atoms. The third kappa shape index (κ3) is 5.03. The third-order valence-electron chi connectivity index (χ3n) is 5.21. The van der Waals surface area contributed by atoms with Gasteiger partial charge in [-0.1, -0.05) is 6.42 Å². The molecule has 1 saturated heterocycles. The van der Waals surface area contributed by atoms with E-state index in [0.29, 0.717) is 26.3 Å². The van der Waals surface area contributed by atoms with E-state index in [4.69, 9.17) is 10.5 Å². The molecule has 1 aliphatic carbocycles. The second-order valence-corrected chi connectivity index (χ2v) is 7.04. The summed E-state index contributed by atoms with van der Waals surface area (Å²) in [4.78, 5) is 26.6. The van der Waals surface area contributed by atoms with Gasteiger partial charge in [-0.15, -0.1) is 0 Å². The molecule has 1 saturated carbocycles. The highest BCUT2D eigenvalue weighted by molar-refractivity contribution is 5.94. The van der Waals surface area contributed by atoms with Gasteiger partial charge in [-0.2, -0.15) is 0 Å². The second kappa shape index (κ2) is 9.12. The van der Waals surface area contributed by atoms with Crippen LogP contribution in [0.15, 0.2) is 24.3 Å². The summed E-state index contributed by atoms with van der Waals surface area (Å²) in [6.07, 6.45) is 3.00. The number of nitrogens with two attached hydrogens (primary N) is 1. The molecule has 2 aliphatic rings. The van der Waals surface area contributed by atoms with Crippen molar-refractivity contribution in [3.05, 3.63) is 24.3 Å². The van der Waals surface area contributed by atoms with Gasteiger partial charge in [0.15, 0.2) is 0 Å². The van der Waals surface area contributed by atoms with Crippen molar-refractivity contribution in [3.8, 4) is 0 Å². The Balaban J connectivity index is 1.48. The van der Waals surface area contributed by atoms with Gasteiger partial charge < -0.3 is 21.1 Å². The topological polar surface area (TPSA) is 96.7 Å². The monoisotopic (exact) mass is 360 g/mol. The number of benzene rings is 1. The van der Waals surface area contributed by atoms with Gasteiger partial charge in [0.1, 0.15) is 0 Å². The Morgan fingerprint density at radius 1 is 1.08 bits per heavy atom. The molecule has 1 aromatic rings. The van der Waals surface area contributed by atoms with E-state index >= 15 is 0 Å². The van der Waals surface area contributed by atoms with Crippen molar-refractivity contribution in [3.63, 3.8) is 0 Å². The summed E-state index contributed by atoms with van der Waals surface area (Å²) in [7, 11) is 0. The lowest BCUT2D eigenvalue weighted by Gasteiger charge is -2.25. The summed E-state index contributed by atoms with van der Waals surface area (Å²) < 4.78 is 5.28. The number of carbonyl (C=O) groups is 2. The van der Waals surface area contributed by atoms with Crippen molar-refractivity contribution >= 4 is 23.2 Å². The molecule has 0 unspecified atom stereocenters. The molecular weight excluding hydrogens is 332 g/mol. The fourth-order valence-corrected chi connectivity index (χ4v) is 3.70. The summed E-state index contributed by atoms with van der Waals surface area (Å²) in [6.45, 7) is 3.84. The van der Waals surface area contributed by atoms with Gasteiger partial charge in [0.25, 0.3) is 0 Å². The predicted molar refractivity (Wildman–Crippen MR) is 101 cm³/mol. The standard InChI is InChI=1S/C19H28N4O3/c20-12-14-2-1-3-17(14)19(25)22-16-6-4-15(5-7-16)21-18(24)13-23-8-10-26-11-9-23/h4-7,14,17H,1-3,8-13,20H2,(H,21,24)(H,22,25)/t14-,17-/m1/s1. The first-order valence-electron chi connectivity index (χ1n) is 9.36. The number of hydrogen-bond donors (Lipinski definition) is 3. The van der Waals surface area contributed by atoms with Crippen molar-refractivity contribution < 1.29 is 14.3 Å². The Labute approximate surface area is 154 Å². The summed E-state index contributed by atoms with van der Waals surface area (Å²) in [6, 6.07) is 7.24. The number of nitrogens with zero attached hydrogens (tertiary/aromatic N) is 1. The van der Waals surface area contributed by atoms with Gasteiger partial charge in [0, 0.05) is 30.4 Å². The largest absolute Gasteiger partial charge is 0.379 e. The van der Waals surface area contributed by atoms with Crippen molar-refractivity contribution in [1.29, 1.82) is 0 Å². The van der Waals surface area contributed by atoms with E-state index in [-0.39, 0.29) is 23.7 Å². The first kappa shape index (κ1) is 18.8. The molecule has 7 heteroatoms. The van der Waals surface area contributed by atoms with Gasteiger partial charge in [0.05, 0.1) is 19.8 Å². The zero-order chi connectivity index (χ0) is 18.4. The molecule has 2 amide bonds. The summed E-state index contributed by atoms with van der Waals surface area (Å²) in [5.41, 5.74) is 7.22. The van der Waals surface area contributed by atoms with Crippen molar-refractivity contribution in [2.24, 2.45) is 17.6 Å². The first-order chi connectivity index (χ1) is 12.7. The average molecular weight is 360 g/mol. The maximum absolute atomic E-state index is 12.4. The van der Waals surface area contributed by atoms with Crippen LogP contribution in [0.4, 0.5) is 11.4 Å². The molecule has 2 fully saturated rings. The van der Waals surface area contributed by atoms with Crippen molar-refractivity contribution in [2.45, 2.75) is 19.3 Å². The number of amides is 2. The predicted octanol–water partition coefficient (Wildman–Crippen LogP) is 1.27. The van der Waals surface area contributed by atoms with Gasteiger partial charge in [0.2, 0.25) is 11.8 Å². The van der Waals surface area contributed by atoms with E-state index in [1.165, 1.54) is 0 Å². The Kier molecular flexibility index (Phi) is 6.60. The molecule has 0 spiro atoms. The van der Waals surface area contributed by atoms with Gasteiger partial charge in [-0.25, -0.2) is 0 Å². The van der Waals surface area contributed by atoms with E-state index in [0.717, 1.165) is 43.7 Å². The van der Waals surface area contributed by atoms with E-state index in [1.807, 2.05) is 24.3 Å². The van der Waals surface area contributed by atoms with Crippen molar-refractivity contribution in [1.82, 2.24) is 4.90 Å². The minimum Gasteiger partial charge on any atom is -0.379 e. The van der Waals surface area contributed by atoms with E-state index in [9.17, 15) is 9.59 Å². The van der Waals surface area contributed by atoms with Crippen LogP contribution in [-0.4, -0.2) is 56.1 Å². The molecule has 1 heterocycles. The molecule has 2 atom stereocenters. The van der Waals surface area contributed by atoms with Crippen LogP contribution < -0.4 is 16.4 Å². The van der Waals surface area contributed by atoms with Crippen molar-refractivity contribution in [2.75, 3.05) is 50.0 Å². The molecule has 142 valence electrons. The zero-order valence-corrected chi connectivity index (χ0v) is 15.1. The molecule has 3 rings (SSSR count). The van der Waals surface area contributed by atoms with Gasteiger partial charge in [-0.05, 0) is 49.6 Å². The number of nitrogens with one attached hydrogen (secondary N) is 2. The maximum Gasteiger partial charge on any atom is 0.238 e. The molecule has 1 aliphatic heterocycles. The molecule has 0 radical (unpaired) electrons. The minimum atomic E-state index is -0.0413. The summed E-state index contributed by atoms with van der Waals surface area (Å²) in [5.74, 6) is 0.295. The van der Waals surface area contributed by atoms with Crippen LogP contribution in [0.25, 0.3) is 0 Å². The molecular formula is C19H28N4O3. The molecule has 26 heavy (non-hydrogen) atoms. The fourth-order valence-electron chi connectivity index (χ4n) is 3.70. The molecule has 7 nitrogen and oxygen atoms in total. The Hall–Kier alpha value is -1.96. The van der Waals surface area contributed by atoms with E-state index in [1.54, 1.807) is 0 Å². The third-order valence-corrected chi connectivity index (χ3v) is 5.21. The summed E-state index contributed by atoms with van der Waals surface area (Å²) in [5, 5.41) is 5.86. The number of hydrogen-bond acceptors (Lipinski definition) is 5. The number of ether oxygens (including phenoxy) is 1. The minimum absolute atomic E-state index is 0.00732. The number of morpholine rings is 1. The number of anilines is 2. The maximum atomic E-state index is 12.4. The van der Waals surface area contributed by atoms with Crippen LogP contribution in [-0.2, 0) is 14.3 Å². The highest BCUT2D eigenvalue weighted by atomic mass is 16.5. The summed E-state index contributed by atoms with van der Waals surface area (Å²) >= 11 is 0. The molecule has 0 aromatic heterocycles. The Morgan fingerprint density at radius 2 is 1.73 bits per heavy atom. The van der Waals surface area contributed by atoms with E-state index < -0.39 is 0 Å². The zero-order valence-electron chi connectivity index (χ0n) is 15.1. The van der Waals surface area contributed by atoms with Crippen LogP contribution >= 0.6 is 0 Å². The van der Waals surface area contributed by atoms with Gasteiger partial charge in [-0.3, -0.25) is 14.5 Å². The van der Waals surface area contributed by atoms with Crippen LogP contribution in [0, 0.1) is 11.8 Å². The first-order valence-corrected chi connectivity index (χ1v) is 9.36. The highest BCUT2D eigenvalue weighted by Crippen LogP contribution is 2.31.